The molecule has 1 fully saturated rings. The number of amides is 4. The summed E-state index contributed by atoms with van der Waals surface area (Å²) >= 11 is 0. The number of ether oxygens (including phenoxy) is 1. The van der Waals surface area contributed by atoms with E-state index in [2.05, 4.69) is 15.4 Å². The third kappa shape index (κ3) is 5.23. The smallest absolute Gasteiger partial charge is 0.328 e. The second-order valence-corrected chi connectivity index (χ2v) is 5.48. The Hall–Kier alpha value is -3.04. The van der Waals surface area contributed by atoms with Gasteiger partial charge in [0.25, 0.3) is 11.8 Å². The highest BCUT2D eigenvalue weighted by Crippen LogP contribution is 2.06. The molecule has 25 heavy (non-hydrogen) atoms. The average molecular weight is 351 g/mol. The van der Waals surface area contributed by atoms with Gasteiger partial charge in [0.05, 0.1) is 19.6 Å². The van der Waals surface area contributed by atoms with E-state index in [9.17, 15) is 28.8 Å². The zero-order valence-electron chi connectivity index (χ0n) is 13.3. The third-order valence-corrected chi connectivity index (χ3v) is 3.57. The van der Waals surface area contributed by atoms with E-state index in [0.717, 1.165) is 17.1 Å². The molecule has 2 aliphatic rings. The van der Waals surface area contributed by atoms with Crippen LogP contribution in [0.4, 0.5) is 0 Å². The van der Waals surface area contributed by atoms with E-state index >= 15 is 0 Å². The Morgan fingerprint density at radius 3 is 2.40 bits per heavy atom. The molecule has 0 aromatic carbocycles. The zero-order valence-corrected chi connectivity index (χ0v) is 13.3. The number of hydrogen-bond acceptors (Lipinski definition) is 7. The van der Waals surface area contributed by atoms with E-state index in [1.165, 1.54) is 0 Å². The number of carbonyl (C=O) groups excluding carboxylic acids is 6. The Kier molecular flexibility index (Phi) is 5.98. The summed E-state index contributed by atoms with van der Waals surface area (Å²) in [5.74, 6) is -3.20. The molecule has 2 heterocycles. The van der Waals surface area contributed by atoms with E-state index in [1.807, 2.05) is 0 Å². The summed E-state index contributed by atoms with van der Waals surface area (Å²) in [6.07, 6.45) is 1.97. The summed E-state index contributed by atoms with van der Waals surface area (Å²) in [6, 6.07) is -0.737. The number of carbonyl (C=O) groups is 6. The first-order valence-corrected chi connectivity index (χ1v) is 7.65. The summed E-state index contributed by atoms with van der Waals surface area (Å²) in [4.78, 5) is 69.6. The highest BCUT2D eigenvalue weighted by Gasteiger charge is 2.28. The number of nitrogens with zero attached hydrogens (tertiary/aromatic N) is 1. The van der Waals surface area contributed by atoms with Crippen LogP contribution in [0.5, 0.6) is 0 Å². The second kappa shape index (κ2) is 8.18. The fourth-order valence-electron chi connectivity index (χ4n) is 2.26. The Labute approximate surface area is 142 Å². The number of cyclic esters (lactones) is 1. The van der Waals surface area contributed by atoms with Crippen LogP contribution in [0.25, 0.3) is 0 Å². The first-order valence-electron chi connectivity index (χ1n) is 7.65. The second-order valence-electron chi connectivity index (χ2n) is 5.48. The average Bonchev–Trinajstić information content (AvgIpc) is 3.09. The maximum atomic E-state index is 11.7. The fraction of sp³-hybridized carbons (Fsp3) is 0.467. The van der Waals surface area contributed by atoms with E-state index in [0.29, 0.717) is 6.42 Å². The minimum atomic E-state index is -0.737. The van der Waals surface area contributed by atoms with Gasteiger partial charge in [-0.3, -0.25) is 28.9 Å². The molecule has 10 nitrogen and oxygen atoms in total. The number of rotatable bonds is 8. The highest BCUT2D eigenvalue weighted by atomic mass is 16.5. The summed E-state index contributed by atoms with van der Waals surface area (Å²) in [5, 5.41) is 4.70. The number of Topliss-reactive ketones (excluding diaryl/α,β-unsaturated/α-hetero) is 1. The van der Waals surface area contributed by atoms with Crippen molar-refractivity contribution in [2.45, 2.75) is 25.3 Å². The molecule has 0 saturated carbocycles. The minimum absolute atomic E-state index is 0.0883. The summed E-state index contributed by atoms with van der Waals surface area (Å²) < 4.78 is 4.68. The molecule has 0 radical (unpaired) electrons. The van der Waals surface area contributed by atoms with Crippen molar-refractivity contribution < 1.29 is 33.5 Å². The molecule has 0 bridgehead atoms. The Morgan fingerprint density at radius 2 is 1.80 bits per heavy atom. The molecule has 0 spiro atoms. The van der Waals surface area contributed by atoms with Gasteiger partial charge in [0.1, 0.15) is 6.04 Å². The number of imide groups is 1. The van der Waals surface area contributed by atoms with Crippen LogP contribution < -0.4 is 10.6 Å². The lowest BCUT2D eigenvalue weighted by Gasteiger charge is -2.13. The fourth-order valence-corrected chi connectivity index (χ4v) is 2.26. The third-order valence-electron chi connectivity index (χ3n) is 3.57. The van der Waals surface area contributed by atoms with Crippen molar-refractivity contribution in [3.8, 4) is 0 Å². The van der Waals surface area contributed by atoms with E-state index in [4.69, 9.17) is 0 Å². The Morgan fingerprint density at radius 1 is 1.12 bits per heavy atom. The molecule has 4 amide bonds. The summed E-state index contributed by atoms with van der Waals surface area (Å²) in [5.41, 5.74) is 0. The molecule has 2 aliphatic heterocycles. The molecule has 1 saturated heterocycles. The molecule has 134 valence electrons. The van der Waals surface area contributed by atoms with Gasteiger partial charge in [0.2, 0.25) is 11.8 Å². The maximum Gasteiger partial charge on any atom is 0.328 e. The van der Waals surface area contributed by atoms with E-state index in [1.54, 1.807) is 0 Å². The molecule has 0 aliphatic carbocycles. The van der Waals surface area contributed by atoms with Crippen molar-refractivity contribution in [1.29, 1.82) is 0 Å². The number of ketones is 1. The monoisotopic (exact) mass is 351 g/mol. The normalized spacial score (nSPS) is 19.1. The lowest BCUT2D eigenvalue weighted by Crippen LogP contribution is -2.40. The molecular formula is C15H17N3O7. The lowest BCUT2D eigenvalue weighted by molar-refractivity contribution is -0.142. The molecule has 2 N–H and O–H groups in total. The van der Waals surface area contributed by atoms with Crippen LogP contribution in [-0.4, -0.2) is 66.0 Å². The summed E-state index contributed by atoms with van der Waals surface area (Å²) in [7, 11) is 0. The van der Waals surface area contributed by atoms with E-state index in [-0.39, 0.29) is 26.1 Å². The van der Waals surface area contributed by atoms with Gasteiger partial charge < -0.3 is 15.4 Å². The maximum absolute atomic E-state index is 11.7. The van der Waals surface area contributed by atoms with Gasteiger partial charge in [0, 0.05) is 31.5 Å². The minimum Gasteiger partial charge on any atom is -0.464 e. The SMILES string of the molecule is O=C(CNC(=O)CCN1C(=O)C=CC1=O)CC(=O)NC1CCOC1=O. The standard InChI is InChI=1S/C15H17N3O7/c19-9(7-12(21)17-10-4-6-25-15(10)24)8-16-11(20)3-5-18-13(22)1-2-14(18)23/h1-2,10H,3-8H2,(H,16,20)(H,17,21). The van der Waals surface area contributed by atoms with Gasteiger partial charge in [-0.25, -0.2) is 4.79 Å². The quantitative estimate of drug-likeness (QED) is 0.288. The first-order chi connectivity index (χ1) is 11.9. The molecule has 0 aromatic heterocycles. The number of nitrogens with one attached hydrogen (secondary N) is 2. The van der Waals surface area contributed by atoms with Gasteiger partial charge in [0.15, 0.2) is 5.78 Å². The van der Waals surface area contributed by atoms with Crippen molar-refractivity contribution in [3.63, 3.8) is 0 Å². The topological polar surface area (TPSA) is 139 Å². The van der Waals surface area contributed by atoms with Gasteiger partial charge in [-0.15, -0.1) is 0 Å². The van der Waals surface area contributed by atoms with Crippen LogP contribution >= 0.6 is 0 Å². The van der Waals surface area contributed by atoms with Gasteiger partial charge in [-0.05, 0) is 0 Å². The van der Waals surface area contributed by atoms with Crippen molar-refractivity contribution in [2.24, 2.45) is 0 Å². The molecule has 0 aromatic rings. The van der Waals surface area contributed by atoms with Crippen molar-refractivity contribution >= 4 is 35.4 Å². The Balaban J connectivity index is 1.63. The van der Waals surface area contributed by atoms with Crippen LogP contribution in [-0.2, 0) is 33.5 Å². The van der Waals surface area contributed by atoms with Crippen LogP contribution in [0.3, 0.4) is 0 Å². The van der Waals surface area contributed by atoms with Gasteiger partial charge >= 0.3 is 5.97 Å². The van der Waals surface area contributed by atoms with Crippen LogP contribution in [0.1, 0.15) is 19.3 Å². The predicted molar refractivity (Wildman–Crippen MR) is 80.6 cm³/mol. The lowest BCUT2D eigenvalue weighted by atomic mass is 10.2. The first kappa shape index (κ1) is 18.3. The van der Waals surface area contributed by atoms with Crippen LogP contribution in [0, 0.1) is 0 Å². The molecular weight excluding hydrogens is 334 g/mol. The summed E-state index contributed by atoms with van der Waals surface area (Å²) in [6.45, 7) is -0.220. The Bertz CT molecular complexity index is 638. The van der Waals surface area contributed by atoms with Crippen molar-refractivity contribution in [1.82, 2.24) is 15.5 Å². The zero-order chi connectivity index (χ0) is 18.4. The number of hydrogen-bond donors (Lipinski definition) is 2. The molecule has 1 atom stereocenters. The van der Waals surface area contributed by atoms with Crippen molar-refractivity contribution in [3.05, 3.63) is 12.2 Å². The van der Waals surface area contributed by atoms with E-state index < -0.39 is 47.8 Å². The largest absolute Gasteiger partial charge is 0.464 e. The highest BCUT2D eigenvalue weighted by molar-refractivity contribution is 6.13. The molecule has 1 unspecified atom stereocenters. The van der Waals surface area contributed by atoms with Gasteiger partial charge in [-0.1, -0.05) is 0 Å². The van der Waals surface area contributed by atoms with Gasteiger partial charge in [-0.2, -0.15) is 0 Å². The van der Waals surface area contributed by atoms with Crippen LogP contribution in [0.2, 0.25) is 0 Å². The molecule has 2 rings (SSSR count). The predicted octanol–water partition coefficient (Wildman–Crippen LogP) is -2.19. The van der Waals surface area contributed by atoms with Crippen LogP contribution in [0.15, 0.2) is 12.2 Å². The van der Waals surface area contributed by atoms with Crippen molar-refractivity contribution in [2.75, 3.05) is 19.7 Å². The number of esters is 1. The molecule has 10 heteroatoms.